The summed E-state index contributed by atoms with van der Waals surface area (Å²) in [6.07, 6.45) is 3.03. The Hall–Kier alpha value is -3.42. The van der Waals surface area contributed by atoms with E-state index in [0.29, 0.717) is 11.3 Å². The van der Waals surface area contributed by atoms with E-state index in [2.05, 4.69) is 5.32 Å². The van der Waals surface area contributed by atoms with E-state index in [-0.39, 0.29) is 5.56 Å². The molecule has 8 nitrogen and oxygen atoms in total. The minimum absolute atomic E-state index is 0.184. The third-order valence-electron chi connectivity index (χ3n) is 4.21. The van der Waals surface area contributed by atoms with Gasteiger partial charge in [-0.1, -0.05) is 6.07 Å². The van der Waals surface area contributed by atoms with Gasteiger partial charge in [0, 0.05) is 37.0 Å². The SMILES string of the molecule is CN1C(=O)C(NC(=O)c2ccc(-n3ccccc3=O)cc2)[CH]C1C(N)=O. The summed E-state index contributed by atoms with van der Waals surface area (Å²) in [5, 5.41) is 2.57. The van der Waals surface area contributed by atoms with Crippen molar-refractivity contribution >= 4 is 17.7 Å². The number of aromatic nitrogens is 1. The van der Waals surface area contributed by atoms with Gasteiger partial charge in [-0.25, -0.2) is 0 Å². The predicted molar refractivity (Wildman–Crippen MR) is 93.3 cm³/mol. The van der Waals surface area contributed by atoms with Crippen LogP contribution in [-0.2, 0) is 9.59 Å². The van der Waals surface area contributed by atoms with Crippen LogP contribution in [0.2, 0.25) is 0 Å². The summed E-state index contributed by atoms with van der Waals surface area (Å²) in [6, 6.07) is 9.43. The Morgan fingerprint density at radius 1 is 1.08 bits per heavy atom. The van der Waals surface area contributed by atoms with Gasteiger partial charge >= 0.3 is 0 Å². The molecule has 1 saturated heterocycles. The molecule has 26 heavy (non-hydrogen) atoms. The van der Waals surface area contributed by atoms with Crippen LogP contribution < -0.4 is 16.6 Å². The van der Waals surface area contributed by atoms with Crippen molar-refractivity contribution in [1.29, 1.82) is 0 Å². The van der Waals surface area contributed by atoms with E-state index < -0.39 is 29.8 Å². The van der Waals surface area contributed by atoms with Gasteiger partial charge in [0.1, 0.15) is 12.1 Å². The maximum absolute atomic E-state index is 12.4. The van der Waals surface area contributed by atoms with Gasteiger partial charge in [-0.3, -0.25) is 23.7 Å². The topological polar surface area (TPSA) is 114 Å². The first-order chi connectivity index (χ1) is 12.4. The van der Waals surface area contributed by atoms with E-state index in [1.165, 1.54) is 29.0 Å². The van der Waals surface area contributed by atoms with Gasteiger partial charge in [-0.15, -0.1) is 0 Å². The lowest BCUT2D eigenvalue weighted by Gasteiger charge is -2.15. The smallest absolute Gasteiger partial charge is 0.255 e. The highest BCUT2D eigenvalue weighted by molar-refractivity contribution is 6.01. The number of pyridine rings is 1. The third kappa shape index (κ3) is 3.21. The van der Waals surface area contributed by atoms with Gasteiger partial charge < -0.3 is 16.0 Å². The summed E-state index contributed by atoms with van der Waals surface area (Å²) in [5.74, 6) is -1.53. The fourth-order valence-electron chi connectivity index (χ4n) is 2.78. The number of nitrogens with one attached hydrogen (secondary N) is 1. The molecule has 2 atom stereocenters. The minimum Gasteiger partial charge on any atom is -0.368 e. The average molecular weight is 353 g/mol. The average Bonchev–Trinajstić information content (AvgIpc) is 2.91. The molecule has 3 amide bonds. The zero-order valence-corrected chi connectivity index (χ0v) is 14.0. The molecular formula is C18H17N4O4. The first kappa shape index (κ1) is 17.4. The van der Waals surface area contributed by atoms with Gasteiger partial charge in [0.15, 0.2) is 0 Å². The number of likely N-dealkylation sites (N-methyl/N-ethyl adjacent to an activating group) is 1. The normalized spacial score (nSPS) is 19.4. The third-order valence-corrected chi connectivity index (χ3v) is 4.21. The number of rotatable bonds is 4. The predicted octanol–water partition coefficient (Wildman–Crippen LogP) is -0.534. The molecular weight excluding hydrogens is 336 g/mol. The summed E-state index contributed by atoms with van der Waals surface area (Å²) in [4.78, 5) is 48.8. The van der Waals surface area contributed by atoms with Crippen LogP contribution in [0, 0.1) is 6.42 Å². The number of amides is 3. The zero-order chi connectivity index (χ0) is 18.8. The van der Waals surface area contributed by atoms with E-state index in [1.807, 2.05) is 0 Å². The molecule has 1 aliphatic heterocycles. The van der Waals surface area contributed by atoms with E-state index >= 15 is 0 Å². The van der Waals surface area contributed by atoms with Crippen molar-refractivity contribution in [2.24, 2.45) is 5.73 Å². The lowest BCUT2D eigenvalue weighted by molar-refractivity contribution is -0.133. The van der Waals surface area contributed by atoms with Crippen LogP contribution in [0.3, 0.4) is 0 Å². The molecule has 0 bridgehead atoms. The minimum atomic E-state index is -0.915. The van der Waals surface area contributed by atoms with Crippen LogP contribution in [-0.4, -0.2) is 46.3 Å². The van der Waals surface area contributed by atoms with Crippen LogP contribution in [0.15, 0.2) is 53.5 Å². The highest BCUT2D eigenvalue weighted by Gasteiger charge is 2.41. The number of primary amides is 1. The lowest BCUT2D eigenvalue weighted by atomic mass is 10.1. The van der Waals surface area contributed by atoms with Crippen molar-refractivity contribution in [3.05, 3.63) is 71.0 Å². The Morgan fingerprint density at radius 2 is 1.77 bits per heavy atom. The fraction of sp³-hybridized carbons (Fsp3) is 0.167. The summed E-state index contributed by atoms with van der Waals surface area (Å²) in [5.41, 5.74) is 5.99. The van der Waals surface area contributed by atoms with Gasteiger partial charge in [0.25, 0.3) is 11.5 Å². The Morgan fingerprint density at radius 3 is 2.35 bits per heavy atom. The Kier molecular flexibility index (Phi) is 4.57. The Labute approximate surface area is 149 Å². The molecule has 3 N–H and O–H groups in total. The van der Waals surface area contributed by atoms with Crippen molar-refractivity contribution < 1.29 is 14.4 Å². The molecule has 0 spiro atoms. The number of carbonyl (C=O) groups is 3. The summed E-state index contributed by atoms with van der Waals surface area (Å²) in [7, 11) is 1.45. The van der Waals surface area contributed by atoms with Gasteiger partial charge in [-0.05, 0) is 30.3 Å². The second kappa shape index (κ2) is 6.83. The molecule has 3 rings (SSSR count). The number of nitrogens with zero attached hydrogens (tertiary/aromatic N) is 2. The molecule has 2 unspecified atom stereocenters. The number of nitrogens with two attached hydrogens (primary N) is 1. The number of likely N-dealkylation sites (tertiary alicyclic amines) is 1. The van der Waals surface area contributed by atoms with E-state index in [0.717, 1.165) is 0 Å². The molecule has 1 aromatic carbocycles. The van der Waals surface area contributed by atoms with Crippen LogP contribution >= 0.6 is 0 Å². The van der Waals surface area contributed by atoms with Gasteiger partial charge in [0.05, 0.1) is 0 Å². The Bertz CT molecular complexity index is 919. The van der Waals surface area contributed by atoms with Crippen molar-refractivity contribution in [2.75, 3.05) is 7.05 Å². The molecule has 1 fully saturated rings. The molecule has 2 heterocycles. The van der Waals surface area contributed by atoms with E-state index in [4.69, 9.17) is 5.73 Å². The van der Waals surface area contributed by atoms with Crippen LogP contribution in [0.1, 0.15) is 10.4 Å². The largest absolute Gasteiger partial charge is 0.368 e. The number of hydrogen-bond acceptors (Lipinski definition) is 4. The fourth-order valence-corrected chi connectivity index (χ4v) is 2.78. The van der Waals surface area contributed by atoms with Crippen molar-refractivity contribution in [2.45, 2.75) is 12.1 Å². The number of benzene rings is 1. The van der Waals surface area contributed by atoms with E-state index in [9.17, 15) is 19.2 Å². The second-order valence-corrected chi connectivity index (χ2v) is 5.90. The van der Waals surface area contributed by atoms with Gasteiger partial charge in [-0.2, -0.15) is 0 Å². The van der Waals surface area contributed by atoms with Crippen LogP contribution in [0.25, 0.3) is 5.69 Å². The highest BCUT2D eigenvalue weighted by atomic mass is 16.2. The summed E-state index contributed by atoms with van der Waals surface area (Å²) >= 11 is 0. The molecule has 1 aromatic heterocycles. The van der Waals surface area contributed by atoms with Crippen molar-refractivity contribution in [1.82, 2.24) is 14.8 Å². The van der Waals surface area contributed by atoms with Gasteiger partial charge in [0.2, 0.25) is 11.8 Å². The molecule has 0 saturated carbocycles. The molecule has 1 aliphatic rings. The molecule has 8 heteroatoms. The molecule has 133 valence electrons. The quantitative estimate of drug-likeness (QED) is 0.769. The number of carbonyl (C=O) groups excluding carboxylic acids is 3. The maximum atomic E-state index is 12.4. The van der Waals surface area contributed by atoms with Crippen LogP contribution in [0.4, 0.5) is 0 Å². The second-order valence-electron chi connectivity index (χ2n) is 5.90. The maximum Gasteiger partial charge on any atom is 0.255 e. The molecule has 0 aliphatic carbocycles. The summed E-state index contributed by atoms with van der Waals surface area (Å²) in [6.45, 7) is 0. The lowest BCUT2D eigenvalue weighted by Crippen LogP contribution is -2.41. The molecule has 2 aromatic rings. The summed E-state index contributed by atoms with van der Waals surface area (Å²) < 4.78 is 1.45. The zero-order valence-electron chi connectivity index (χ0n) is 14.0. The standard InChI is InChI=1S/C18H17N4O4/c1-21-14(16(19)24)10-13(18(21)26)20-17(25)11-5-7-12(8-6-11)22-9-3-2-4-15(22)23/h2-10,13-14H,1H3,(H2,19,24)(H,20,25). The number of hydrogen-bond donors (Lipinski definition) is 2. The highest BCUT2D eigenvalue weighted by Crippen LogP contribution is 2.17. The first-order valence-electron chi connectivity index (χ1n) is 7.88. The first-order valence-corrected chi connectivity index (χ1v) is 7.88. The molecule has 1 radical (unpaired) electrons. The van der Waals surface area contributed by atoms with E-state index in [1.54, 1.807) is 42.6 Å². The monoisotopic (exact) mass is 353 g/mol. The van der Waals surface area contributed by atoms with Crippen molar-refractivity contribution in [3.63, 3.8) is 0 Å². The van der Waals surface area contributed by atoms with Crippen molar-refractivity contribution in [3.8, 4) is 5.69 Å². The Balaban J connectivity index is 1.73. The van der Waals surface area contributed by atoms with Crippen LogP contribution in [0.5, 0.6) is 0 Å².